The quantitative estimate of drug-likeness (QED) is 0.804. The lowest BCUT2D eigenvalue weighted by Crippen LogP contribution is -2.26. The summed E-state index contributed by atoms with van der Waals surface area (Å²) < 4.78 is 25.9. The van der Waals surface area contributed by atoms with E-state index in [0.717, 1.165) is 11.8 Å². The van der Waals surface area contributed by atoms with Gasteiger partial charge in [0, 0.05) is 12.3 Å². The molecule has 1 aromatic carbocycles. The maximum atomic E-state index is 13.1. The number of thioether (sulfide) groups is 1. The molecular weight excluding hydrogens is 220 g/mol. The van der Waals surface area contributed by atoms with Crippen LogP contribution in [-0.4, -0.2) is 24.5 Å². The molecule has 1 amide bonds. The van der Waals surface area contributed by atoms with E-state index >= 15 is 0 Å². The number of carbonyl (C=O) groups is 1. The third-order valence-corrected chi connectivity index (χ3v) is 2.40. The van der Waals surface area contributed by atoms with Crippen LogP contribution < -0.4 is 5.32 Å². The summed E-state index contributed by atoms with van der Waals surface area (Å²) in [5.74, 6) is -1.95. The van der Waals surface area contributed by atoms with E-state index in [4.69, 9.17) is 0 Å². The van der Waals surface area contributed by atoms with Crippen LogP contribution in [0.15, 0.2) is 18.2 Å². The van der Waals surface area contributed by atoms with Crippen LogP contribution in [0, 0.1) is 11.6 Å². The van der Waals surface area contributed by atoms with Gasteiger partial charge in [-0.05, 0) is 18.4 Å². The number of hydrogen-bond acceptors (Lipinski definition) is 2. The average molecular weight is 231 g/mol. The predicted octanol–water partition coefficient (Wildman–Crippen LogP) is 2.06. The maximum absolute atomic E-state index is 13.1. The van der Waals surface area contributed by atoms with Gasteiger partial charge in [-0.25, -0.2) is 8.78 Å². The first-order valence-electron chi connectivity index (χ1n) is 4.38. The van der Waals surface area contributed by atoms with Gasteiger partial charge in [-0.2, -0.15) is 11.8 Å². The number of halogens is 2. The molecule has 0 saturated carbocycles. The minimum Gasteiger partial charge on any atom is -0.351 e. The molecule has 1 N–H and O–H groups in total. The molecule has 1 aromatic rings. The van der Waals surface area contributed by atoms with E-state index in [9.17, 15) is 13.6 Å². The fraction of sp³-hybridized carbons (Fsp3) is 0.300. The van der Waals surface area contributed by atoms with Gasteiger partial charge < -0.3 is 5.32 Å². The first-order chi connectivity index (χ1) is 7.16. The van der Waals surface area contributed by atoms with Crippen LogP contribution in [0.25, 0.3) is 0 Å². The van der Waals surface area contributed by atoms with Crippen LogP contribution >= 0.6 is 11.8 Å². The van der Waals surface area contributed by atoms with Gasteiger partial charge >= 0.3 is 0 Å². The first kappa shape index (κ1) is 12.0. The topological polar surface area (TPSA) is 29.1 Å². The molecule has 1 rings (SSSR count). The summed E-state index contributed by atoms with van der Waals surface area (Å²) in [6, 6.07) is 3.54. The van der Waals surface area contributed by atoms with Gasteiger partial charge in [0.15, 0.2) is 11.6 Å². The molecule has 0 atom stereocenters. The number of benzene rings is 1. The minimum atomic E-state index is -1.10. The zero-order valence-corrected chi connectivity index (χ0v) is 9.04. The van der Waals surface area contributed by atoms with Crippen molar-refractivity contribution in [1.82, 2.24) is 5.32 Å². The van der Waals surface area contributed by atoms with Crippen molar-refractivity contribution < 1.29 is 13.6 Å². The number of nitrogens with one attached hydrogen (secondary N) is 1. The highest BCUT2D eigenvalue weighted by Crippen LogP contribution is 2.10. The fourth-order valence-corrected chi connectivity index (χ4v) is 1.35. The highest BCUT2D eigenvalue weighted by molar-refractivity contribution is 7.98. The molecular formula is C10H11F2NOS. The van der Waals surface area contributed by atoms with Crippen molar-refractivity contribution in [3.05, 3.63) is 35.4 Å². The van der Waals surface area contributed by atoms with E-state index < -0.39 is 17.5 Å². The van der Waals surface area contributed by atoms with Crippen LogP contribution in [0.3, 0.4) is 0 Å². The van der Waals surface area contributed by atoms with E-state index in [2.05, 4.69) is 5.32 Å². The molecule has 15 heavy (non-hydrogen) atoms. The van der Waals surface area contributed by atoms with Crippen molar-refractivity contribution >= 4 is 17.7 Å². The number of carbonyl (C=O) groups excluding carboxylic acids is 1. The molecule has 0 fully saturated rings. The second-order valence-corrected chi connectivity index (χ2v) is 3.84. The van der Waals surface area contributed by atoms with E-state index in [1.54, 1.807) is 11.8 Å². The van der Waals surface area contributed by atoms with Crippen LogP contribution in [0.1, 0.15) is 10.4 Å². The van der Waals surface area contributed by atoms with Crippen LogP contribution in [-0.2, 0) is 0 Å². The molecule has 0 saturated heterocycles. The summed E-state index contributed by atoms with van der Waals surface area (Å²) in [5.41, 5.74) is -0.254. The summed E-state index contributed by atoms with van der Waals surface area (Å²) in [6.07, 6.45) is 1.90. The predicted molar refractivity (Wildman–Crippen MR) is 57.1 cm³/mol. The number of rotatable bonds is 4. The Bertz CT molecular complexity index is 357. The van der Waals surface area contributed by atoms with E-state index in [0.29, 0.717) is 6.54 Å². The molecule has 0 heterocycles. The lowest BCUT2D eigenvalue weighted by atomic mass is 10.2. The van der Waals surface area contributed by atoms with Crippen molar-refractivity contribution in [2.75, 3.05) is 18.6 Å². The monoisotopic (exact) mass is 231 g/mol. The Balaban J connectivity index is 2.69. The highest BCUT2D eigenvalue weighted by Gasteiger charge is 2.13. The largest absolute Gasteiger partial charge is 0.351 e. The molecule has 0 aliphatic heterocycles. The molecule has 0 bridgehead atoms. The SMILES string of the molecule is CSCCNC(=O)c1cccc(F)c1F. The molecule has 82 valence electrons. The van der Waals surface area contributed by atoms with Crippen molar-refractivity contribution in [1.29, 1.82) is 0 Å². The molecule has 0 aliphatic carbocycles. The number of amides is 1. The second kappa shape index (κ2) is 5.70. The molecule has 0 radical (unpaired) electrons. The zero-order valence-electron chi connectivity index (χ0n) is 8.22. The van der Waals surface area contributed by atoms with Gasteiger partial charge in [-0.1, -0.05) is 6.07 Å². The van der Waals surface area contributed by atoms with Crippen molar-refractivity contribution in [2.24, 2.45) is 0 Å². The Kier molecular flexibility index (Phi) is 4.55. The van der Waals surface area contributed by atoms with Gasteiger partial charge in [0.2, 0.25) is 0 Å². The fourth-order valence-electron chi connectivity index (χ4n) is 1.04. The Morgan fingerprint density at radius 3 is 2.87 bits per heavy atom. The summed E-state index contributed by atoms with van der Waals surface area (Å²) >= 11 is 1.56. The summed E-state index contributed by atoms with van der Waals surface area (Å²) in [4.78, 5) is 11.4. The highest BCUT2D eigenvalue weighted by atomic mass is 32.2. The zero-order chi connectivity index (χ0) is 11.3. The first-order valence-corrected chi connectivity index (χ1v) is 5.77. The van der Waals surface area contributed by atoms with E-state index in [-0.39, 0.29) is 5.56 Å². The normalized spacial score (nSPS) is 10.1. The molecule has 0 spiro atoms. The van der Waals surface area contributed by atoms with Crippen LogP contribution in [0.2, 0.25) is 0 Å². The lowest BCUT2D eigenvalue weighted by molar-refractivity contribution is 0.0951. The van der Waals surface area contributed by atoms with Gasteiger partial charge in [0.25, 0.3) is 5.91 Å². The average Bonchev–Trinajstić information content (AvgIpc) is 2.22. The maximum Gasteiger partial charge on any atom is 0.254 e. The molecule has 2 nitrogen and oxygen atoms in total. The summed E-state index contributed by atoms with van der Waals surface area (Å²) in [7, 11) is 0. The lowest BCUT2D eigenvalue weighted by Gasteiger charge is -2.05. The van der Waals surface area contributed by atoms with Gasteiger partial charge in [-0.3, -0.25) is 4.79 Å². The Hall–Kier alpha value is -1.10. The summed E-state index contributed by atoms with van der Waals surface area (Å²) in [5, 5.41) is 2.50. The van der Waals surface area contributed by atoms with Crippen molar-refractivity contribution in [3.63, 3.8) is 0 Å². The standard InChI is InChI=1S/C10H11F2NOS/c1-15-6-5-13-10(14)7-3-2-4-8(11)9(7)12/h2-4H,5-6H2,1H3,(H,13,14). The van der Waals surface area contributed by atoms with Gasteiger partial charge in [-0.15, -0.1) is 0 Å². The van der Waals surface area contributed by atoms with Crippen molar-refractivity contribution in [2.45, 2.75) is 0 Å². The Morgan fingerprint density at radius 1 is 1.47 bits per heavy atom. The third-order valence-electron chi connectivity index (χ3n) is 1.79. The van der Waals surface area contributed by atoms with Crippen LogP contribution in [0.5, 0.6) is 0 Å². The van der Waals surface area contributed by atoms with Crippen LogP contribution in [0.4, 0.5) is 8.78 Å². The Labute approximate surface area is 91.1 Å². The molecule has 0 aliphatic rings. The second-order valence-electron chi connectivity index (χ2n) is 2.85. The summed E-state index contributed by atoms with van der Waals surface area (Å²) in [6.45, 7) is 0.440. The molecule has 0 unspecified atom stereocenters. The minimum absolute atomic E-state index is 0.254. The van der Waals surface area contributed by atoms with Gasteiger partial charge in [0.1, 0.15) is 0 Å². The van der Waals surface area contributed by atoms with Crippen molar-refractivity contribution in [3.8, 4) is 0 Å². The third kappa shape index (κ3) is 3.20. The smallest absolute Gasteiger partial charge is 0.254 e. The van der Waals surface area contributed by atoms with Gasteiger partial charge in [0.05, 0.1) is 5.56 Å². The molecule has 5 heteroatoms. The molecule has 0 aromatic heterocycles. The Morgan fingerprint density at radius 2 is 2.20 bits per heavy atom. The van der Waals surface area contributed by atoms with E-state index in [1.165, 1.54) is 12.1 Å². The van der Waals surface area contributed by atoms with E-state index in [1.807, 2.05) is 6.26 Å². The number of hydrogen-bond donors (Lipinski definition) is 1.